The highest BCUT2D eigenvalue weighted by Gasteiger charge is 2.50. The van der Waals surface area contributed by atoms with Crippen LogP contribution in [0.3, 0.4) is 0 Å². The van der Waals surface area contributed by atoms with Gasteiger partial charge >= 0.3 is 5.97 Å². The molecule has 0 unspecified atom stereocenters. The molecule has 0 atom stereocenters. The highest BCUT2D eigenvalue weighted by Crippen LogP contribution is 2.61. The molecule has 0 aliphatic heterocycles. The molecule has 7 rings (SSSR count). The molecule has 37 heavy (non-hydrogen) atoms. The second kappa shape index (κ2) is 10.4. The lowest BCUT2D eigenvalue weighted by Gasteiger charge is -2.57. The van der Waals surface area contributed by atoms with E-state index in [-0.39, 0.29) is 5.97 Å². The van der Waals surface area contributed by atoms with E-state index in [9.17, 15) is 4.79 Å². The van der Waals surface area contributed by atoms with Crippen LogP contribution < -0.4 is 4.90 Å². The van der Waals surface area contributed by atoms with Crippen LogP contribution in [0.15, 0.2) is 78.9 Å². The monoisotopic (exact) mass is 493 g/mol. The van der Waals surface area contributed by atoms with E-state index in [1.807, 2.05) is 13.0 Å². The van der Waals surface area contributed by atoms with Gasteiger partial charge < -0.3 is 9.64 Å². The molecule has 4 aliphatic rings. The third-order valence-electron chi connectivity index (χ3n) is 9.10. The summed E-state index contributed by atoms with van der Waals surface area (Å²) >= 11 is 0. The maximum Gasteiger partial charge on any atom is 0.338 e. The van der Waals surface area contributed by atoms with Crippen LogP contribution in [0.1, 0.15) is 72.5 Å². The first-order valence-corrected chi connectivity index (χ1v) is 14.2. The van der Waals surface area contributed by atoms with Crippen molar-refractivity contribution in [3.63, 3.8) is 0 Å². The number of ether oxygens (including phenoxy) is 1. The zero-order valence-corrected chi connectivity index (χ0v) is 22.1. The average molecular weight is 494 g/mol. The molecule has 3 aromatic carbocycles. The van der Waals surface area contributed by atoms with Gasteiger partial charge in [-0.1, -0.05) is 66.7 Å². The summed E-state index contributed by atoms with van der Waals surface area (Å²) in [6.45, 7) is 3.87. The predicted molar refractivity (Wildman–Crippen MR) is 149 cm³/mol. The minimum absolute atomic E-state index is 0.232. The van der Waals surface area contributed by atoms with Crippen LogP contribution in [0.25, 0.3) is 0 Å². The summed E-state index contributed by atoms with van der Waals surface area (Å²) in [6, 6.07) is 27.8. The molecular formula is C34H39NO2. The smallest absolute Gasteiger partial charge is 0.338 e. The first kappa shape index (κ1) is 24.3. The molecule has 0 radical (unpaired) electrons. The Morgan fingerprint density at radius 1 is 0.811 bits per heavy atom. The minimum Gasteiger partial charge on any atom is -0.462 e. The SMILES string of the molecule is CCOC(=O)c1ccc(CC23CC4CC(CC(C4)C2)C3)c(N(Cc2ccccc2)Cc2ccccc2)c1. The molecule has 192 valence electrons. The Balaban J connectivity index is 1.39. The van der Waals surface area contributed by atoms with Gasteiger partial charge in [0.25, 0.3) is 0 Å². The molecule has 4 bridgehead atoms. The fraction of sp³-hybridized carbons (Fsp3) is 0.441. The lowest BCUT2D eigenvalue weighted by Crippen LogP contribution is -2.47. The van der Waals surface area contributed by atoms with Crippen molar-refractivity contribution < 1.29 is 9.53 Å². The molecule has 3 heteroatoms. The van der Waals surface area contributed by atoms with Gasteiger partial charge in [-0.15, -0.1) is 0 Å². The van der Waals surface area contributed by atoms with Gasteiger partial charge in [0.05, 0.1) is 12.2 Å². The number of carbonyl (C=O) groups is 1. The molecule has 0 heterocycles. The number of rotatable bonds is 9. The van der Waals surface area contributed by atoms with Crippen molar-refractivity contribution in [3.8, 4) is 0 Å². The molecule has 0 N–H and O–H groups in total. The van der Waals surface area contributed by atoms with Gasteiger partial charge in [0.2, 0.25) is 0 Å². The Morgan fingerprint density at radius 3 is 1.86 bits per heavy atom. The van der Waals surface area contributed by atoms with Gasteiger partial charge in [-0.3, -0.25) is 0 Å². The second-order valence-electron chi connectivity index (χ2n) is 12.0. The van der Waals surface area contributed by atoms with E-state index in [2.05, 4.69) is 77.7 Å². The van der Waals surface area contributed by atoms with Crippen LogP contribution in [0.4, 0.5) is 5.69 Å². The maximum atomic E-state index is 12.8. The Morgan fingerprint density at radius 2 is 1.35 bits per heavy atom. The molecule has 3 aromatic rings. The molecular weight excluding hydrogens is 454 g/mol. The van der Waals surface area contributed by atoms with E-state index in [4.69, 9.17) is 4.74 Å². The lowest BCUT2D eigenvalue weighted by molar-refractivity contribution is -0.0521. The molecule has 0 aromatic heterocycles. The van der Waals surface area contributed by atoms with Gasteiger partial charge in [-0.05, 0) is 104 Å². The zero-order valence-electron chi connectivity index (χ0n) is 22.1. The maximum absolute atomic E-state index is 12.8. The number of anilines is 1. The van der Waals surface area contributed by atoms with Crippen LogP contribution in [-0.4, -0.2) is 12.6 Å². The van der Waals surface area contributed by atoms with E-state index >= 15 is 0 Å². The molecule has 3 nitrogen and oxygen atoms in total. The van der Waals surface area contributed by atoms with E-state index in [0.717, 1.165) is 37.3 Å². The van der Waals surface area contributed by atoms with E-state index in [0.29, 0.717) is 17.6 Å². The highest BCUT2D eigenvalue weighted by molar-refractivity contribution is 5.91. The van der Waals surface area contributed by atoms with E-state index < -0.39 is 0 Å². The van der Waals surface area contributed by atoms with Gasteiger partial charge in [0.15, 0.2) is 0 Å². The number of carbonyl (C=O) groups excluding carboxylic acids is 1. The number of esters is 1. The number of hydrogen-bond donors (Lipinski definition) is 0. The summed E-state index contributed by atoms with van der Waals surface area (Å²) in [5.41, 5.74) is 6.22. The molecule has 0 spiro atoms. The van der Waals surface area contributed by atoms with Crippen molar-refractivity contribution in [1.82, 2.24) is 0 Å². The van der Waals surface area contributed by atoms with Crippen molar-refractivity contribution in [1.29, 1.82) is 0 Å². The summed E-state index contributed by atoms with van der Waals surface area (Å²) in [4.78, 5) is 15.3. The minimum atomic E-state index is -0.232. The lowest BCUT2D eigenvalue weighted by atomic mass is 9.48. The van der Waals surface area contributed by atoms with E-state index in [1.54, 1.807) is 0 Å². The van der Waals surface area contributed by atoms with Crippen LogP contribution in [0.5, 0.6) is 0 Å². The summed E-state index contributed by atoms with van der Waals surface area (Å²) in [5.74, 6) is 2.55. The quantitative estimate of drug-likeness (QED) is 0.285. The first-order chi connectivity index (χ1) is 18.1. The standard InChI is InChI=1S/C34H39NO2/c1-2-37-33(36)30-13-14-31(22-34-19-27-15-28(20-34)17-29(16-27)21-34)32(18-30)35(23-25-9-5-3-6-10-25)24-26-11-7-4-8-12-26/h3-14,18,27-29H,2,15-17,19-24H2,1H3. The molecule has 4 saturated carbocycles. The summed E-state index contributed by atoms with van der Waals surface area (Å²) in [7, 11) is 0. The zero-order chi connectivity index (χ0) is 25.2. The summed E-state index contributed by atoms with van der Waals surface area (Å²) in [5, 5.41) is 0. The van der Waals surface area contributed by atoms with Crippen LogP contribution >= 0.6 is 0 Å². The van der Waals surface area contributed by atoms with E-state index in [1.165, 1.54) is 60.9 Å². The van der Waals surface area contributed by atoms with Crippen molar-refractivity contribution in [2.75, 3.05) is 11.5 Å². The second-order valence-corrected chi connectivity index (χ2v) is 12.0. The Kier molecular flexibility index (Phi) is 6.80. The highest BCUT2D eigenvalue weighted by atomic mass is 16.5. The van der Waals surface area contributed by atoms with Crippen LogP contribution in [-0.2, 0) is 24.2 Å². The Hall–Kier alpha value is -3.07. The molecule has 4 fully saturated rings. The topological polar surface area (TPSA) is 29.5 Å². The largest absolute Gasteiger partial charge is 0.462 e. The van der Waals surface area contributed by atoms with Gasteiger partial charge in [0.1, 0.15) is 0 Å². The van der Waals surface area contributed by atoms with Crippen molar-refractivity contribution in [2.45, 2.75) is 65.0 Å². The fourth-order valence-electron chi connectivity index (χ4n) is 8.09. The third-order valence-corrected chi connectivity index (χ3v) is 9.10. The summed E-state index contributed by atoms with van der Waals surface area (Å²) in [6.07, 6.45) is 9.65. The average Bonchev–Trinajstić information content (AvgIpc) is 2.89. The molecule has 0 saturated heterocycles. The van der Waals surface area contributed by atoms with Gasteiger partial charge in [0, 0.05) is 18.8 Å². The third kappa shape index (κ3) is 5.32. The van der Waals surface area contributed by atoms with Crippen LogP contribution in [0.2, 0.25) is 0 Å². The van der Waals surface area contributed by atoms with Gasteiger partial charge in [-0.25, -0.2) is 4.79 Å². The molecule has 4 aliphatic carbocycles. The Labute approximate surface area is 221 Å². The fourth-order valence-corrected chi connectivity index (χ4v) is 8.09. The number of hydrogen-bond acceptors (Lipinski definition) is 3. The Bertz CT molecular complexity index is 1140. The van der Waals surface area contributed by atoms with Crippen molar-refractivity contribution in [2.24, 2.45) is 23.2 Å². The molecule has 0 amide bonds. The summed E-state index contributed by atoms with van der Waals surface area (Å²) < 4.78 is 5.42. The predicted octanol–water partition coefficient (Wildman–Crippen LogP) is 7.83. The van der Waals surface area contributed by atoms with Crippen molar-refractivity contribution in [3.05, 3.63) is 101 Å². The number of benzene rings is 3. The normalized spacial score (nSPS) is 25.7. The number of nitrogens with zero attached hydrogens (tertiary/aromatic N) is 1. The van der Waals surface area contributed by atoms with Crippen LogP contribution in [0, 0.1) is 23.2 Å². The van der Waals surface area contributed by atoms with Gasteiger partial charge in [-0.2, -0.15) is 0 Å². The van der Waals surface area contributed by atoms with Crippen molar-refractivity contribution >= 4 is 11.7 Å². The first-order valence-electron chi connectivity index (χ1n) is 14.2.